The number of pyridine rings is 1. The van der Waals surface area contributed by atoms with E-state index in [-0.39, 0.29) is 0 Å². The van der Waals surface area contributed by atoms with E-state index in [1.165, 1.54) is 0 Å². The topological polar surface area (TPSA) is 12.9 Å². The molecular weight excluding hydrogens is 270 g/mol. The number of rotatable bonds is 1. The summed E-state index contributed by atoms with van der Waals surface area (Å²) in [5.74, 6) is 0. The fourth-order valence-corrected chi connectivity index (χ4v) is 2.72. The highest BCUT2D eigenvalue weighted by Gasteiger charge is 2.05. The molecule has 0 aliphatic rings. The molecule has 1 nitrogen and oxygen atoms in total. The molecule has 13 heavy (non-hydrogen) atoms. The van der Waals surface area contributed by atoms with Gasteiger partial charge in [0.1, 0.15) is 5.15 Å². The van der Waals surface area contributed by atoms with Gasteiger partial charge in [0.2, 0.25) is 0 Å². The monoisotopic (exact) mass is 273 g/mol. The second kappa shape index (κ2) is 3.78. The molecule has 0 N–H and O–H groups in total. The Balaban J connectivity index is 2.53. The lowest BCUT2D eigenvalue weighted by Crippen LogP contribution is -1.80. The highest BCUT2D eigenvalue weighted by atomic mass is 79.9. The molecule has 0 saturated carbocycles. The van der Waals surface area contributed by atoms with E-state index in [1.807, 2.05) is 23.6 Å². The van der Waals surface area contributed by atoms with Gasteiger partial charge in [0.25, 0.3) is 0 Å². The maximum absolute atomic E-state index is 5.79. The van der Waals surface area contributed by atoms with Crippen LogP contribution in [0.15, 0.2) is 34.1 Å². The third kappa shape index (κ3) is 1.93. The lowest BCUT2D eigenvalue weighted by atomic mass is 10.3. The van der Waals surface area contributed by atoms with E-state index in [1.54, 1.807) is 17.4 Å². The van der Waals surface area contributed by atoms with Crippen LogP contribution >= 0.6 is 38.9 Å². The molecule has 2 heterocycles. The van der Waals surface area contributed by atoms with Crippen LogP contribution in [0.25, 0.3) is 10.6 Å². The van der Waals surface area contributed by atoms with Gasteiger partial charge >= 0.3 is 0 Å². The molecule has 66 valence electrons. The van der Waals surface area contributed by atoms with Crippen molar-refractivity contribution in [3.8, 4) is 10.6 Å². The highest BCUT2D eigenvalue weighted by molar-refractivity contribution is 9.10. The minimum Gasteiger partial charge on any atom is -0.235 e. The molecule has 0 amide bonds. The Bertz CT molecular complexity index is 427. The maximum Gasteiger partial charge on any atom is 0.129 e. The molecule has 0 spiro atoms. The lowest BCUT2D eigenvalue weighted by molar-refractivity contribution is 1.34. The second-order valence-electron chi connectivity index (χ2n) is 2.44. The van der Waals surface area contributed by atoms with E-state index >= 15 is 0 Å². The van der Waals surface area contributed by atoms with Crippen molar-refractivity contribution in [2.24, 2.45) is 0 Å². The third-order valence-electron chi connectivity index (χ3n) is 1.56. The van der Waals surface area contributed by atoms with Gasteiger partial charge < -0.3 is 0 Å². The largest absolute Gasteiger partial charge is 0.235 e. The Morgan fingerprint density at radius 1 is 1.31 bits per heavy atom. The number of thiophene rings is 1. The number of aromatic nitrogens is 1. The molecule has 0 atom stereocenters. The van der Waals surface area contributed by atoms with Crippen molar-refractivity contribution >= 4 is 38.9 Å². The van der Waals surface area contributed by atoms with E-state index < -0.39 is 0 Å². The fourth-order valence-electron chi connectivity index (χ4n) is 1.01. The first-order chi connectivity index (χ1) is 6.27. The van der Waals surface area contributed by atoms with Crippen LogP contribution in [0.1, 0.15) is 0 Å². The average Bonchev–Trinajstić information content (AvgIpc) is 2.51. The lowest BCUT2D eigenvalue weighted by Gasteiger charge is -1.97. The number of hydrogen-bond donors (Lipinski definition) is 0. The first kappa shape index (κ1) is 9.19. The summed E-state index contributed by atoms with van der Waals surface area (Å²) in [6.45, 7) is 0. The molecule has 0 saturated heterocycles. The van der Waals surface area contributed by atoms with Crippen molar-refractivity contribution in [1.82, 2.24) is 4.98 Å². The van der Waals surface area contributed by atoms with E-state index in [0.29, 0.717) is 5.15 Å². The Morgan fingerprint density at radius 3 is 2.77 bits per heavy atom. The maximum atomic E-state index is 5.79. The average molecular weight is 275 g/mol. The summed E-state index contributed by atoms with van der Waals surface area (Å²) in [6, 6.07) is 7.62. The number of hydrogen-bond acceptors (Lipinski definition) is 2. The molecule has 0 fully saturated rings. The molecule has 0 aliphatic carbocycles. The predicted molar refractivity (Wildman–Crippen MR) is 60.3 cm³/mol. The van der Waals surface area contributed by atoms with E-state index in [0.717, 1.165) is 15.0 Å². The van der Waals surface area contributed by atoms with Gasteiger partial charge in [-0.2, -0.15) is 0 Å². The van der Waals surface area contributed by atoms with E-state index in [9.17, 15) is 0 Å². The van der Waals surface area contributed by atoms with Gasteiger partial charge in [-0.1, -0.05) is 17.7 Å². The third-order valence-corrected chi connectivity index (χ3v) is 3.64. The number of halogens is 2. The van der Waals surface area contributed by atoms with Crippen molar-refractivity contribution in [1.29, 1.82) is 0 Å². The summed E-state index contributed by atoms with van der Waals surface area (Å²) >= 11 is 10.9. The Kier molecular flexibility index (Phi) is 2.67. The van der Waals surface area contributed by atoms with Crippen LogP contribution in [-0.2, 0) is 0 Å². The van der Waals surface area contributed by atoms with Crippen molar-refractivity contribution in [2.45, 2.75) is 0 Å². The van der Waals surface area contributed by atoms with Gasteiger partial charge in [-0.3, -0.25) is 0 Å². The van der Waals surface area contributed by atoms with Crippen molar-refractivity contribution < 1.29 is 0 Å². The van der Waals surface area contributed by atoms with Crippen LogP contribution in [0.3, 0.4) is 0 Å². The fraction of sp³-hybridized carbons (Fsp3) is 0. The molecule has 2 rings (SSSR count). The minimum atomic E-state index is 0.526. The Morgan fingerprint density at radius 2 is 2.15 bits per heavy atom. The summed E-state index contributed by atoms with van der Waals surface area (Å²) in [7, 11) is 0. The van der Waals surface area contributed by atoms with Gasteiger partial charge in [-0.25, -0.2) is 4.98 Å². The normalized spacial score (nSPS) is 10.3. The second-order valence-corrected chi connectivity index (χ2v) is 4.60. The summed E-state index contributed by atoms with van der Waals surface area (Å²) in [6.07, 6.45) is 0. The van der Waals surface area contributed by atoms with Gasteiger partial charge in [0.05, 0.1) is 10.6 Å². The highest BCUT2D eigenvalue weighted by Crippen LogP contribution is 2.32. The van der Waals surface area contributed by atoms with Crippen molar-refractivity contribution in [2.75, 3.05) is 0 Å². The summed E-state index contributed by atoms with van der Waals surface area (Å²) in [5, 5.41) is 2.54. The van der Waals surface area contributed by atoms with Gasteiger partial charge in [0, 0.05) is 4.47 Å². The van der Waals surface area contributed by atoms with Gasteiger partial charge in [-0.05, 0) is 39.5 Å². The van der Waals surface area contributed by atoms with Crippen LogP contribution in [0.5, 0.6) is 0 Å². The van der Waals surface area contributed by atoms with Crippen LogP contribution in [0.4, 0.5) is 0 Å². The van der Waals surface area contributed by atoms with Crippen LogP contribution in [0.2, 0.25) is 5.15 Å². The number of nitrogens with zero attached hydrogens (tertiary/aromatic N) is 1. The zero-order valence-electron chi connectivity index (χ0n) is 6.50. The Labute approximate surface area is 93.5 Å². The summed E-state index contributed by atoms with van der Waals surface area (Å²) in [5.41, 5.74) is 0.911. The summed E-state index contributed by atoms with van der Waals surface area (Å²) in [4.78, 5) is 5.34. The molecule has 0 aromatic carbocycles. The van der Waals surface area contributed by atoms with Crippen LogP contribution in [0, 0.1) is 0 Å². The molecule has 4 heteroatoms. The molecule has 0 aliphatic heterocycles. The van der Waals surface area contributed by atoms with E-state index in [4.69, 9.17) is 11.6 Å². The summed E-state index contributed by atoms with van der Waals surface area (Å²) < 4.78 is 1.06. The van der Waals surface area contributed by atoms with Gasteiger partial charge in [0.15, 0.2) is 0 Å². The van der Waals surface area contributed by atoms with Crippen LogP contribution in [-0.4, -0.2) is 4.98 Å². The first-order valence-electron chi connectivity index (χ1n) is 3.63. The molecule has 2 aromatic heterocycles. The molecule has 0 unspecified atom stereocenters. The molecule has 2 aromatic rings. The Hall–Kier alpha value is -0.380. The molecule has 0 radical (unpaired) electrons. The standard InChI is InChI=1S/C9H5BrClNS/c10-6-4-5-13-9(6)7-2-1-3-8(11)12-7/h1-5H. The van der Waals surface area contributed by atoms with E-state index in [2.05, 4.69) is 20.9 Å². The molecule has 0 bridgehead atoms. The SMILES string of the molecule is Clc1cccc(-c2sccc2Br)n1. The van der Waals surface area contributed by atoms with Crippen molar-refractivity contribution in [3.05, 3.63) is 39.3 Å². The quantitative estimate of drug-likeness (QED) is 0.709. The predicted octanol–water partition coefficient (Wildman–Crippen LogP) is 4.23. The molecular formula is C9H5BrClNS. The van der Waals surface area contributed by atoms with Gasteiger partial charge in [-0.15, -0.1) is 11.3 Å². The zero-order chi connectivity index (χ0) is 9.26. The zero-order valence-corrected chi connectivity index (χ0v) is 9.66. The minimum absolute atomic E-state index is 0.526. The van der Waals surface area contributed by atoms with Crippen LogP contribution < -0.4 is 0 Å². The first-order valence-corrected chi connectivity index (χ1v) is 5.68. The smallest absolute Gasteiger partial charge is 0.129 e. The van der Waals surface area contributed by atoms with Crippen molar-refractivity contribution in [3.63, 3.8) is 0 Å².